The quantitative estimate of drug-likeness (QED) is 0.685. The Balaban J connectivity index is 1.54. The molecule has 1 aliphatic carbocycles. The molecule has 1 aliphatic heterocycles. The average molecular weight is 420 g/mol. The third kappa shape index (κ3) is 4.60. The molecule has 0 amide bonds. The zero-order valence-electron chi connectivity index (χ0n) is 15.9. The normalized spacial score (nSPS) is 28.8. The minimum atomic E-state index is -0.312. The van der Waals surface area contributed by atoms with Crippen LogP contribution in [0.15, 0.2) is 45.6 Å². The van der Waals surface area contributed by atoms with E-state index in [2.05, 4.69) is 62.7 Å². The van der Waals surface area contributed by atoms with E-state index in [-0.39, 0.29) is 5.66 Å². The Morgan fingerprint density at radius 1 is 1.31 bits per heavy atom. The minimum Gasteiger partial charge on any atom is -0.384 e. The van der Waals surface area contributed by atoms with E-state index in [0.717, 1.165) is 29.7 Å². The molecule has 0 spiro atoms. The molecule has 1 heterocycles. The van der Waals surface area contributed by atoms with Crippen molar-refractivity contribution in [3.05, 3.63) is 46.2 Å². The molecule has 1 saturated carbocycles. The minimum absolute atomic E-state index is 0.312. The van der Waals surface area contributed by atoms with Gasteiger partial charge in [0, 0.05) is 43.1 Å². The second-order valence-corrected chi connectivity index (χ2v) is 8.71. The van der Waals surface area contributed by atoms with Crippen LogP contribution in [-0.2, 0) is 6.54 Å². The number of nitrogens with zero attached hydrogens (tertiary/aromatic N) is 2. The van der Waals surface area contributed by atoms with Crippen molar-refractivity contribution in [3.8, 4) is 0 Å². The highest BCUT2D eigenvalue weighted by Gasteiger charge is 2.39. The number of nitrogens with two attached hydrogens (primary N) is 1. The summed E-state index contributed by atoms with van der Waals surface area (Å²) < 4.78 is 1.14. The van der Waals surface area contributed by atoms with Gasteiger partial charge in [0.25, 0.3) is 0 Å². The maximum atomic E-state index is 6.09. The largest absolute Gasteiger partial charge is 0.384 e. The number of benzene rings is 1. The zero-order chi connectivity index (χ0) is 18.7. The Labute approximate surface area is 165 Å². The Bertz CT molecular complexity index is 691. The third-order valence-corrected chi connectivity index (χ3v) is 6.01. The SMILES string of the molecule is CN(C)C1=CC(N)=NC(C)(C2CCC(NCc3cccc(Br)c3)CC2)N1. The van der Waals surface area contributed by atoms with Gasteiger partial charge in [-0.1, -0.05) is 28.1 Å². The van der Waals surface area contributed by atoms with Gasteiger partial charge in [0.2, 0.25) is 0 Å². The number of rotatable bonds is 5. The molecular formula is C20H30BrN5. The Morgan fingerprint density at radius 3 is 2.69 bits per heavy atom. The topological polar surface area (TPSA) is 65.7 Å². The molecular weight excluding hydrogens is 390 g/mol. The molecule has 1 unspecified atom stereocenters. The lowest BCUT2D eigenvalue weighted by molar-refractivity contribution is 0.165. The van der Waals surface area contributed by atoms with E-state index >= 15 is 0 Å². The van der Waals surface area contributed by atoms with Crippen LogP contribution in [0, 0.1) is 5.92 Å². The zero-order valence-corrected chi connectivity index (χ0v) is 17.5. The lowest BCUT2D eigenvalue weighted by atomic mass is 9.78. The maximum absolute atomic E-state index is 6.09. The van der Waals surface area contributed by atoms with E-state index in [1.807, 2.05) is 20.2 Å². The fourth-order valence-corrected chi connectivity index (χ4v) is 4.41. The first-order chi connectivity index (χ1) is 12.4. The van der Waals surface area contributed by atoms with Crippen LogP contribution in [0.1, 0.15) is 38.2 Å². The first-order valence-corrected chi connectivity index (χ1v) is 10.2. The summed E-state index contributed by atoms with van der Waals surface area (Å²) in [5.41, 5.74) is 7.10. The van der Waals surface area contributed by atoms with Crippen molar-refractivity contribution in [2.75, 3.05) is 14.1 Å². The maximum Gasteiger partial charge on any atom is 0.132 e. The predicted molar refractivity (Wildman–Crippen MR) is 112 cm³/mol. The Hall–Kier alpha value is -1.53. The summed E-state index contributed by atoms with van der Waals surface area (Å²) >= 11 is 3.54. The molecule has 6 heteroatoms. The van der Waals surface area contributed by atoms with E-state index in [4.69, 9.17) is 10.7 Å². The molecule has 3 rings (SSSR count). The van der Waals surface area contributed by atoms with E-state index in [1.54, 1.807) is 0 Å². The molecule has 142 valence electrons. The van der Waals surface area contributed by atoms with Crippen molar-refractivity contribution in [2.45, 2.75) is 50.9 Å². The van der Waals surface area contributed by atoms with Crippen LogP contribution < -0.4 is 16.4 Å². The van der Waals surface area contributed by atoms with Gasteiger partial charge in [0.15, 0.2) is 0 Å². The average Bonchev–Trinajstić information content (AvgIpc) is 2.60. The van der Waals surface area contributed by atoms with Gasteiger partial charge in [-0.2, -0.15) is 0 Å². The lowest BCUT2D eigenvalue weighted by Crippen LogP contribution is -2.54. The van der Waals surface area contributed by atoms with Crippen molar-refractivity contribution < 1.29 is 0 Å². The number of nitrogens with one attached hydrogen (secondary N) is 2. The molecule has 1 fully saturated rings. The van der Waals surface area contributed by atoms with E-state index in [9.17, 15) is 0 Å². The molecule has 0 radical (unpaired) electrons. The second kappa shape index (κ2) is 8.01. The van der Waals surface area contributed by atoms with Gasteiger partial charge >= 0.3 is 0 Å². The summed E-state index contributed by atoms with van der Waals surface area (Å²) in [4.78, 5) is 6.81. The number of amidine groups is 1. The molecule has 5 nitrogen and oxygen atoms in total. The molecule has 4 N–H and O–H groups in total. The Kier molecular flexibility index (Phi) is 5.92. The van der Waals surface area contributed by atoms with Crippen LogP contribution >= 0.6 is 15.9 Å². The lowest BCUT2D eigenvalue weighted by Gasteiger charge is -2.43. The van der Waals surface area contributed by atoms with Gasteiger partial charge in [-0.3, -0.25) is 0 Å². The third-order valence-electron chi connectivity index (χ3n) is 5.51. The highest BCUT2D eigenvalue weighted by Crippen LogP contribution is 2.35. The first-order valence-electron chi connectivity index (χ1n) is 9.36. The van der Waals surface area contributed by atoms with Crippen LogP contribution in [0.2, 0.25) is 0 Å². The summed E-state index contributed by atoms with van der Waals surface area (Å²) in [7, 11) is 4.06. The summed E-state index contributed by atoms with van der Waals surface area (Å²) in [5.74, 6) is 2.15. The van der Waals surface area contributed by atoms with Gasteiger partial charge in [-0.05, 0) is 50.3 Å². The van der Waals surface area contributed by atoms with Gasteiger partial charge < -0.3 is 21.3 Å². The summed E-state index contributed by atoms with van der Waals surface area (Å²) in [5, 5.41) is 7.32. The molecule has 0 bridgehead atoms. The molecule has 1 atom stereocenters. The van der Waals surface area contributed by atoms with Crippen molar-refractivity contribution in [3.63, 3.8) is 0 Å². The summed E-state index contributed by atoms with van der Waals surface area (Å²) in [6.07, 6.45) is 6.56. The number of hydrogen-bond donors (Lipinski definition) is 3. The van der Waals surface area contributed by atoms with Crippen molar-refractivity contribution in [1.82, 2.24) is 15.5 Å². The molecule has 0 saturated heterocycles. The number of halogens is 1. The highest BCUT2D eigenvalue weighted by molar-refractivity contribution is 9.10. The summed E-state index contributed by atoms with van der Waals surface area (Å²) in [6.45, 7) is 3.10. The van der Waals surface area contributed by atoms with Crippen LogP contribution in [0.3, 0.4) is 0 Å². The van der Waals surface area contributed by atoms with Gasteiger partial charge in [0.05, 0.1) is 0 Å². The van der Waals surface area contributed by atoms with E-state index in [1.165, 1.54) is 18.4 Å². The highest BCUT2D eigenvalue weighted by atomic mass is 79.9. The molecule has 26 heavy (non-hydrogen) atoms. The smallest absolute Gasteiger partial charge is 0.132 e. The fourth-order valence-electron chi connectivity index (χ4n) is 3.97. The van der Waals surface area contributed by atoms with E-state index in [0.29, 0.717) is 17.8 Å². The van der Waals surface area contributed by atoms with Crippen LogP contribution in [0.25, 0.3) is 0 Å². The number of hydrogen-bond acceptors (Lipinski definition) is 5. The van der Waals surface area contributed by atoms with Gasteiger partial charge in [-0.25, -0.2) is 4.99 Å². The molecule has 1 aromatic rings. The van der Waals surface area contributed by atoms with Crippen LogP contribution in [-0.4, -0.2) is 36.5 Å². The molecule has 1 aromatic carbocycles. The predicted octanol–water partition coefficient (Wildman–Crippen LogP) is 3.18. The Morgan fingerprint density at radius 2 is 2.04 bits per heavy atom. The van der Waals surface area contributed by atoms with Crippen molar-refractivity contribution in [2.24, 2.45) is 16.6 Å². The standard InChI is InChI=1S/C20H30BrN5/c1-20(24-18(22)12-19(25-20)26(2)3)15-7-9-17(10-8-15)23-13-14-5-4-6-16(21)11-14/h4-6,11-12,15,17,23,25H,7-10,13H2,1-3H3,(H2,22,24). The number of aliphatic imine (C=N–C) groups is 1. The van der Waals surface area contributed by atoms with Crippen LogP contribution in [0.5, 0.6) is 0 Å². The molecule has 0 aromatic heterocycles. The summed E-state index contributed by atoms with van der Waals surface area (Å²) in [6, 6.07) is 9.07. The van der Waals surface area contributed by atoms with Gasteiger partial charge in [-0.15, -0.1) is 0 Å². The first kappa shape index (κ1) is 19.2. The van der Waals surface area contributed by atoms with Gasteiger partial charge in [0.1, 0.15) is 17.3 Å². The van der Waals surface area contributed by atoms with E-state index < -0.39 is 0 Å². The van der Waals surface area contributed by atoms with Crippen molar-refractivity contribution >= 4 is 21.8 Å². The van der Waals surface area contributed by atoms with Crippen LogP contribution in [0.4, 0.5) is 0 Å². The monoisotopic (exact) mass is 419 g/mol. The fraction of sp³-hybridized carbons (Fsp3) is 0.550. The second-order valence-electron chi connectivity index (χ2n) is 7.79. The molecule has 2 aliphatic rings. The van der Waals surface area contributed by atoms with Crippen molar-refractivity contribution in [1.29, 1.82) is 0 Å².